The Morgan fingerprint density at radius 2 is 1.79 bits per heavy atom. The first-order chi connectivity index (χ1) is 20.4. The van der Waals surface area contributed by atoms with E-state index in [1.54, 1.807) is 6.92 Å². The zero-order chi connectivity index (χ0) is 31.3. The highest BCUT2D eigenvalue weighted by Crippen LogP contribution is 2.50. The van der Waals surface area contributed by atoms with Gasteiger partial charge in [-0.05, 0) is 91.1 Å². The number of nitrogens with zero attached hydrogens (tertiary/aromatic N) is 2. The minimum Gasteiger partial charge on any atom is -0.339 e. The van der Waals surface area contributed by atoms with Gasteiger partial charge in [-0.25, -0.2) is 8.78 Å². The van der Waals surface area contributed by atoms with Crippen molar-refractivity contribution in [1.82, 2.24) is 9.80 Å². The third-order valence-electron chi connectivity index (χ3n) is 9.28. The molecule has 0 radical (unpaired) electrons. The van der Waals surface area contributed by atoms with Crippen LogP contribution in [0.15, 0.2) is 48.5 Å². The van der Waals surface area contributed by atoms with Crippen molar-refractivity contribution in [1.29, 1.82) is 0 Å². The summed E-state index contributed by atoms with van der Waals surface area (Å²) in [6, 6.07) is 13.7. The van der Waals surface area contributed by atoms with Gasteiger partial charge in [-0.2, -0.15) is 0 Å². The van der Waals surface area contributed by atoms with E-state index in [2.05, 4.69) is 32.9 Å². The zero-order valence-electron chi connectivity index (χ0n) is 26.0. The number of imide groups is 1. The fraction of sp³-hybridized carbons (Fsp3) is 0.571. The summed E-state index contributed by atoms with van der Waals surface area (Å²) in [7, 11) is 0. The molecule has 0 bridgehead atoms. The molecule has 0 spiro atoms. The van der Waals surface area contributed by atoms with Crippen LogP contribution in [0.1, 0.15) is 83.3 Å². The van der Waals surface area contributed by atoms with Gasteiger partial charge in [0, 0.05) is 37.9 Å². The summed E-state index contributed by atoms with van der Waals surface area (Å²) in [6.45, 7) is 9.33. The molecule has 4 unspecified atom stereocenters. The SMILES string of the molecule is CC1CC(=O)N(CCCC(=O)N(CCCN)[C@@H](C2CC(c3cc(F)ccc3F)CC2Cc2ccccc2)C(C)(C)C)C1=O. The highest BCUT2D eigenvalue weighted by Gasteiger charge is 2.47. The molecule has 234 valence electrons. The summed E-state index contributed by atoms with van der Waals surface area (Å²) >= 11 is 0. The second-order valence-corrected chi connectivity index (χ2v) is 13.6. The van der Waals surface area contributed by atoms with Crippen LogP contribution >= 0.6 is 0 Å². The van der Waals surface area contributed by atoms with Crippen molar-refractivity contribution in [2.24, 2.45) is 28.9 Å². The molecule has 1 heterocycles. The third kappa shape index (κ3) is 7.88. The van der Waals surface area contributed by atoms with E-state index in [4.69, 9.17) is 5.73 Å². The number of benzene rings is 2. The Bertz CT molecular complexity index is 1280. The van der Waals surface area contributed by atoms with Crippen LogP contribution in [0.4, 0.5) is 8.78 Å². The molecule has 1 saturated carbocycles. The van der Waals surface area contributed by atoms with E-state index in [0.29, 0.717) is 44.3 Å². The second kappa shape index (κ2) is 14.1. The second-order valence-electron chi connectivity index (χ2n) is 13.6. The van der Waals surface area contributed by atoms with E-state index >= 15 is 4.39 Å². The highest BCUT2D eigenvalue weighted by molar-refractivity contribution is 6.03. The van der Waals surface area contributed by atoms with Crippen LogP contribution in [0.25, 0.3) is 0 Å². The van der Waals surface area contributed by atoms with Crippen molar-refractivity contribution < 1.29 is 23.2 Å². The van der Waals surface area contributed by atoms with Crippen LogP contribution in [0, 0.1) is 34.8 Å². The summed E-state index contributed by atoms with van der Waals surface area (Å²) in [5.74, 6) is -1.51. The first-order valence-corrected chi connectivity index (χ1v) is 15.7. The lowest BCUT2D eigenvalue weighted by Gasteiger charge is -2.46. The lowest BCUT2D eigenvalue weighted by molar-refractivity contribution is -0.142. The number of carbonyl (C=O) groups is 3. The van der Waals surface area contributed by atoms with Gasteiger partial charge in [0.15, 0.2) is 0 Å². The van der Waals surface area contributed by atoms with Crippen molar-refractivity contribution in [2.45, 2.75) is 84.6 Å². The van der Waals surface area contributed by atoms with Crippen molar-refractivity contribution in [3.05, 3.63) is 71.3 Å². The average molecular weight is 596 g/mol. The number of amides is 3. The van der Waals surface area contributed by atoms with E-state index in [-0.39, 0.29) is 72.2 Å². The van der Waals surface area contributed by atoms with Crippen molar-refractivity contribution in [3.8, 4) is 0 Å². The lowest BCUT2D eigenvalue weighted by Crippen LogP contribution is -2.53. The topological polar surface area (TPSA) is 83.7 Å². The van der Waals surface area contributed by atoms with Crippen molar-refractivity contribution >= 4 is 17.7 Å². The number of rotatable bonds is 12. The van der Waals surface area contributed by atoms with Gasteiger partial charge in [-0.1, -0.05) is 58.0 Å². The third-order valence-corrected chi connectivity index (χ3v) is 9.28. The van der Waals surface area contributed by atoms with Crippen LogP contribution in [-0.2, 0) is 20.8 Å². The quantitative estimate of drug-likeness (QED) is 0.301. The molecule has 2 aromatic rings. The molecule has 2 N–H and O–H groups in total. The van der Waals surface area contributed by atoms with Gasteiger partial charge in [-0.3, -0.25) is 19.3 Å². The molecular weight excluding hydrogens is 548 g/mol. The van der Waals surface area contributed by atoms with Gasteiger partial charge in [0.05, 0.1) is 0 Å². The fourth-order valence-corrected chi connectivity index (χ4v) is 7.41. The molecule has 5 atom stereocenters. The monoisotopic (exact) mass is 595 g/mol. The first kappa shape index (κ1) is 32.8. The summed E-state index contributed by atoms with van der Waals surface area (Å²) in [5, 5.41) is 0. The Labute approximate surface area is 255 Å². The predicted octanol–water partition coefficient (Wildman–Crippen LogP) is 6.08. The molecule has 2 aromatic carbocycles. The zero-order valence-corrected chi connectivity index (χ0v) is 26.0. The van der Waals surface area contributed by atoms with E-state index in [1.807, 2.05) is 23.1 Å². The number of likely N-dealkylation sites (tertiary alicyclic amines) is 1. The van der Waals surface area contributed by atoms with E-state index in [0.717, 1.165) is 12.5 Å². The molecule has 2 aliphatic rings. The summed E-state index contributed by atoms with van der Waals surface area (Å²) < 4.78 is 29.3. The van der Waals surface area contributed by atoms with Gasteiger partial charge in [-0.15, -0.1) is 0 Å². The maximum atomic E-state index is 15.0. The average Bonchev–Trinajstić information content (AvgIpc) is 3.46. The largest absolute Gasteiger partial charge is 0.339 e. The summed E-state index contributed by atoms with van der Waals surface area (Å²) in [5.41, 5.74) is 7.20. The number of carbonyl (C=O) groups excluding carboxylic acids is 3. The molecule has 1 aliphatic carbocycles. The molecule has 3 amide bonds. The molecule has 2 fully saturated rings. The fourth-order valence-electron chi connectivity index (χ4n) is 7.41. The van der Waals surface area contributed by atoms with Gasteiger partial charge in [0.2, 0.25) is 17.7 Å². The molecule has 1 aliphatic heterocycles. The minimum absolute atomic E-state index is 0.0284. The Balaban J connectivity index is 1.62. The van der Waals surface area contributed by atoms with Crippen LogP contribution in [0.2, 0.25) is 0 Å². The smallest absolute Gasteiger partial charge is 0.232 e. The van der Waals surface area contributed by atoms with Gasteiger partial charge >= 0.3 is 0 Å². The predicted molar refractivity (Wildman–Crippen MR) is 164 cm³/mol. The lowest BCUT2D eigenvalue weighted by atomic mass is 9.72. The Morgan fingerprint density at radius 1 is 1.07 bits per heavy atom. The van der Waals surface area contributed by atoms with E-state index in [9.17, 15) is 18.8 Å². The molecular formula is C35H47F2N3O3. The number of nitrogens with two attached hydrogens (primary N) is 1. The van der Waals surface area contributed by atoms with Gasteiger partial charge in [0.1, 0.15) is 11.6 Å². The first-order valence-electron chi connectivity index (χ1n) is 15.7. The van der Waals surface area contributed by atoms with Crippen LogP contribution in [0.5, 0.6) is 0 Å². The van der Waals surface area contributed by atoms with Crippen molar-refractivity contribution in [3.63, 3.8) is 0 Å². The number of halogens is 2. The highest BCUT2D eigenvalue weighted by atomic mass is 19.1. The van der Waals surface area contributed by atoms with Crippen LogP contribution < -0.4 is 5.73 Å². The summed E-state index contributed by atoms with van der Waals surface area (Å²) in [6.07, 6.45) is 3.58. The summed E-state index contributed by atoms with van der Waals surface area (Å²) in [4.78, 5) is 41.9. The normalized spacial score (nSPS) is 23.2. The Morgan fingerprint density at radius 3 is 2.42 bits per heavy atom. The molecule has 1 saturated heterocycles. The molecule has 4 rings (SSSR count). The van der Waals surface area contributed by atoms with E-state index < -0.39 is 11.6 Å². The van der Waals surface area contributed by atoms with E-state index in [1.165, 1.54) is 22.6 Å². The minimum atomic E-state index is -0.448. The van der Waals surface area contributed by atoms with Crippen LogP contribution in [0.3, 0.4) is 0 Å². The Kier molecular flexibility index (Phi) is 10.8. The molecule has 43 heavy (non-hydrogen) atoms. The number of hydrogen-bond donors (Lipinski definition) is 1. The maximum Gasteiger partial charge on any atom is 0.232 e. The molecule has 0 aromatic heterocycles. The van der Waals surface area contributed by atoms with Crippen molar-refractivity contribution in [2.75, 3.05) is 19.6 Å². The maximum absolute atomic E-state index is 15.0. The Hall–Kier alpha value is -3.13. The van der Waals surface area contributed by atoms with Gasteiger partial charge in [0.25, 0.3) is 0 Å². The molecule has 8 heteroatoms. The standard InChI is InChI=1S/C35H47F2N3O3/c1-23-18-32(42)40(34(23)43)16-8-12-31(41)39(17-9-15-38)33(35(2,3)4)29-21-26(28-22-27(36)13-14-30(28)37)20-25(29)19-24-10-6-5-7-11-24/h5-7,10-11,13-14,22-23,25-26,29,33H,8-9,12,15-21,38H2,1-4H3/t23?,25?,26?,29?,33-/m0/s1. The number of hydrogen-bond acceptors (Lipinski definition) is 4. The van der Waals surface area contributed by atoms with Gasteiger partial charge < -0.3 is 10.6 Å². The molecule has 6 nitrogen and oxygen atoms in total. The van der Waals surface area contributed by atoms with Crippen LogP contribution in [-0.4, -0.2) is 53.2 Å².